The van der Waals surface area contributed by atoms with Gasteiger partial charge in [0.25, 0.3) is 0 Å². The van der Waals surface area contributed by atoms with Gasteiger partial charge in [0.2, 0.25) is 0 Å². The van der Waals surface area contributed by atoms with Crippen molar-refractivity contribution in [3.05, 3.63) is 29.6 Å². The van der Waals surface area contributed by atoms with E-state index in [1.807, 2.05) is 12.4 Å². The van der Waals surface area contributed by atoms with Gasteiger partial charge in [0.15, 0.2) is 0 Å². The lowest BCUT2D eigenvalue weighted by Gasteiger charge is -2.14. The first kappa shape index (κ1) is 6.84. The summed E-state index contributed by atoms with van der Waals surface area (Å²) in [5, 5.41) is 0. The highest BCUT2D eigenvalue weighted by atomic mass is 14.6. The maximum atomic E-state index is 4.12. The van der Waals surface area contributed by atoms with Gasteiger partial charge < -0.3 is 0 Å². The Hall–Kier alpha value is -0.850. The minimum Gasteiger partial charge on any atom is -0.264 e. The molecule has 11 heavy (non-hydrogen) atoms. The van der Waals surface area contributed by atoms with Crippen LogP contribution in [0.2, 0.25) is 0 Å². The second-order valence-electron chi connectivity index (χ2n) is 4.16. The van der Waals surface area contributed by atoms with Crippen LogP contribution < -0.4 is 0 Å². The maximum absolute atomic E-state index is 4.12. The van der Waals surface area contributed by atoms with Gasteiger partial charge in [-0.1, -0.05) is 13.8 Å². The van der Waals surface area contributed by atoms with E-state index in [0.29, 0.717) is 5.41 Å². The van der Waals surface area contributed by atoms with E-state index in [-0.39, 0.29) is 0 Å². The van der Waals surface area contributed by atoms with E-state index >= 15 is 0 Å². The number of hydrogen-bond acceptors (Lipinski definition) is 1. The van der Waals surface area contributed by atoms with Gasteiger partial charge in [-0.15, -0.1) is 0 Å². The highest BCUT2D eigenvalue weighted by molar-refractivity contribution is 5.30. The van der Waals surface area contributed by atoms with E-state index in [4.69, 9.17) is 0 Å². The van der Waals surface area contributed by atoms with Crippen LogP contribution in [0.3, 0.4) is 0 Å². The first-order valence-electron chi connectivity index (χ1n) is 4.09. The van der Waals surface area contributed by atoms with E-state index < -0.39 is 0 Å². The molecule has 0 radical (unpaired) electrons. The predicted molar refractivity (Wildman–Crippen MR) is 45.4 cm³/mol. The van der Waals surface area contributed by atoms with Crippen molar-refractivity contribution in [2.24, 2.45) is 5.41 Å². The molecule has 0 fully saturated rings. The van der Waals surface area contributed by atoms with Gasteiger partial charge in [-0.3, -0.25) is 4.98 Å². The van der Waals surface area contributed by atoms with Crippen LogP contribution in [0.25, 0.3) is 0 Å². The summed E-state index contributed by atoms with van der Waals surface area (Å²) < 4.78 is 0. The van der Waals surface area contributed by atoms with Crippen molar-refractivity contribution in [2.75, 3.05) is 0 Å². The van der Waals surface area contributed by atoms with Gasteiger partial charge in [-0.2, -0.15) is 0 Å². The Morgan fingerprint density at radius 3 is 2.73 bits per heavy atom. The third-order valence-corrected chi connectivity index (χ3v) is 2.34. The molecule has 1 nitrogen and oxygen atoms in total. The average Bonchev–Trinajstić information content (AvgIpc) is 2.21. The summed E-state index contributed by atoms with van der Waals surface area (Å²) in [4.78, 5) is 4.12. The largest absolute Gasteiger partial charge is 0.264 e. The van der Waals surface area contributed by atoms with E-state index in [1.54, 1.807) is 0 Å². The molecule has 0 bridgehead atoms. The first-order valence-corrected chi connectivity index (χ1v) is 4.09. The topological polar surface area (TPSA) is 12.9 Å². The summed E-state index contributed by atoms with van der Waals surface area (Å²) in [5.41, 5.74) is 3.40. The molecule has 58 valence electrons. The highest BCUT2D eigenvalue weighted by Gasteiger charge is 2.27. The van der Waals surface area contributed by atoms with Crippen LogP contribution in [0, 0.1) is 5.41 Å². The number of aromatic nitrogens is 1. The third-order valence-electron chi connectivity index (χ3n) is 2.34. The van der Waals surface area contributed by atoms with Gasteiger partial charge in [0.1, 0.15) is 0 Å². The molecular formula is C10H13N. The molecule has 0 aromatic carbocycles. The zero-order chi connectivity index (χ0) is 7.90. The normalized spacial score (nSPS) is 19.8. The van der Waals surface area contributed by atoms with E-state index in [9.17, 15) is 0 Å². The van der Waals surface area contributed by atoms with Crippen molar-refractivity contribution in [3.8, 4) is 0 Å². The lowest BCUT2D eigenvalue weighted by Crippen LogP contribution is -2.09. The Morgan fingerprint density at radius 2 is 2.00 bits per heavy atom. The molecule has 0 saturated carbocycles. The SMILES string of the molecule is CC1(C)Cc2ccncc2C1. The molecule has 1 aromatic rings. The van der Waals surface area contributed by atoms with Crippen LogP contribution in [0.15, 0.2) is 18.5 Å². The maximum Gasteiger partial charge on any atom is 0.0302 e. The van der Waals surface area contributed by atoms with Crippen molar-refractivity contribution in [1.29, 1.82) is 0 Å². The number of hydrogen-bond donors (Lipinski definition) is 0. The van der Waals surface area contributed by atoms with Crippen molar-refractivity contribution >= 4 is 0 Å². The van der Waals surface area contributed by atoms with Gasteiger partial charge >= 0.3 is 0 Å². The smallest absolute Gasteiger partial charge is 0.0302 e. The van der Waals surface area contributed by atoms with E-state index in [2.05, 4.69) is 24.9 Å². The molecule has 1 aromatic heterocycles. The Bertz CT molecular complexity index is 249. The van der Waals surface area contributed by atoms with Crippen molar-refractivity contribution in [1.82, 2.24) is 4.98 Å². The minimum atomic E-state index is 0.464. The van der Waals surface area contributed by atoms with Crippen LogP contribution >= 0.6 is 0 Å². The number of nitrogens with zero attached hydrogens (tertiary/aromatic N) is 1. The molecule has 0 amide bonds. The molecule has 0 saturated heterocycles. The Kier molecular flexibility index (Phi) is 1.28. The second kappa shape index (κ2) is 2.07. The molecule has 0 aliphatic heterocycles. The molecule has 0 atom stereocenters. The molecule has 1 aliphatic carbocycles. The van der Waals surface area contributed by atoms with E-state index in [0.717, 1.165) is 0 Å². The summed E-state index contributed by atoms with van der Waals surface area (Å²) in [6.07, 6.45) is 6.30. The fourth-order valence-electron chi connectivity index (χ4n) is 1.88. The summed E-state index contributed by atoms with van der Waals surface area (Å²) in [7, 11) is 0. The first-order chi connectivity index (χ1) is 5.17. The molecular weight excluding hydrogens is 134 g/mol. The van der Waals surface area contributed by atoms with Crippen molar-refractivity contribution in [3.63, 3.8) is 0 Å². The lowest BCUT2D eigenvalue weighted by atomic mass is 9.90. The van der Waals surface area contributed by atoms with Gasteiger partial charge in [0.05, 0.1) is 0 Å². The molecule has 1 heteroatoms. The highest BCUT2D eigenvalue weighted by Crippen LogP contribution is 2.35. The molecule has 2 rings (SSSR count). The van der Waals surface area contributed by atoms with Crippen LogP contribution in [0.4, 0.5) is 0 Å². The quantitative estimate of drug-likeness (QED) is 0.548. The minimum absolute atomic E-state index is 0.464. The van der Waals surface area contributed by atoms with E-state index in [1.165, 1.54) is 24.0 Å². The fraction of sp³-hybridized carbons (Fsp3) is 0.500. The Labute approximate surface area is 67.5 Å². The number of rotatable bonds is 0. The molecule has 1 heterocycles. The Morgan fingerprint density at radius 1 is 1.27 bits per heavy atom. The van der Waals surface area contributed by atoms with Gasteiger partial charge in [-0.25, -0.2) is 0 Å². The second-order valence-corrected chi connectivity index (χ2v) is 4.16. The van der Waals surface area contributed by atoms with Crippen LogP contribution in [0.1, 0.15) is 25.0 Å². The van der Waals surface area contributed by atoms with Crippen LogP contribution in [-0.2, 0) is 12.8 Å². The standard InChI is InChI=1S/C10H13N/c1-10(2)5-8-3-4-11-7-9(8)6-10/h3-4,7H,5-6H2,1-2H3. The molecule has 1 aliphatic rings. The molecule has 0 spiro atoms. The fourth-order valence-corrected chi connectivity index (χ4v) is 1.88. The lowest BCUT2D eigenvalue weighted by molar-refractivity contribution is 0.392. The summed E-state index contributed by atoms with van der Waals surface area (Å²) in [6.45, 7) is 4.62. The van der Waals surface area contributed by atoms with Gasteiger partial charge in [-0.05, 0) is 35.4 Å². The number of fused-ring (bicyclic) bond motifs is 1. The average molecular weight is 147 g/mol. The zero-order valence-electron chi connectivity index (χ0n) is 7.09. The summed E-state index contributed by atoms with van der Waals surface area (Å²) >= 11 is 0. The Balaban J connectivity index is 2.41. The summed E-state index contributed by atoms with van der Waals surface area (Å²) in [5.74, 6) is 0. The molecule has 0 unspecified atom stereocenters. The predicted octanol–water partition coefficient (Wildman–Crippen LogP) is 2.21. The van der Waals surface area contributed by atoms with Crippen molar-refractivity contribution in [2.45, 2.75) is 26.7 Å². The van der Waals surface area contributed by atoms with Crippen LogP contribution in [0.5, 0.6) is 0 Å². The molecule has 0 N–H and O–H groups in total. The van der Waals surface area contributed by atoms with Crippen molar-refractivity contribution < 1.29 is 0 Å². The summed E-state index contributed by atoms with van der Waals surface area (Å²) in [6, 6.07) is 2.14. The monoisotopic (exact) mass is 147 g/mol. The van der Waals surface area contributed by atoms with Crippen LogP contribution in [-0.4, -0.2) is 4.98 Å². The van der Waals surface area contributed by atoms with Gasteiger partial charge in [0, 0.05) is 12.4 Å². The number of pyridine rings is 1. The third kappa shape index (κ3) is 1.15. The zero-order valence-corrected chi connectivity index (χ0v) is 7.09.